The van der Waals surface area contributed by atoms with Crippen LogP contribution in [0.4, 0.5) is 5.82 Å². The van der Waals surface area contributed by atoms with E-state index in [1.807, 2.05) is 30.3 Å². The maximum Gasteiger partial charge on any atom is 0.182 e. The summed E-state index contributed by atoms with van der Waals surface area (Å²) >= 11 is 0. The highest BCUT2D eigenvalue weighted by Gasteiger charge is 2.05. The van der Waals surface area contributed by atoms with Crippen LogP contribution in [-0.2, 0) is 0 Å². The van der Waals surface area contributed by atoms with Crippen LogP contribution in [0.5, 0.6) is 5.75 Å². The van der Waals surface area contributed by atoms with Crippen LogP contribution in [0, 0.1) is 11.3 Å². The van der Waals surface area contributed by atoms with E-state index in [-0.39, 0.29) is 11.5 Å². The molecule has 0 spiro atoms. The summed E-state index contributed by atoms with van der Waals surface area (Å²) in [6, 6.07) is 9.23. The summed E-state index contributed by atoms with van der Waals surface area (Å²) in [5, 5.41) is 8.70. The predicted octanol–water partition coefficient (Wildman–Crippen LogP) is 1.61. The molecule has 84 valence electrons. The Morgan fingerprint density at radius 2 is 2.00 bits per heavy atom. The van der Waals surface area contributed by atoms with E-state index in [2.05, 4.69) is 9.97 Å². The van der Waals surface area contributed by atoms with Gasteiger partial charge in [0.2, 0.25) is 0 Å². The van der Waals surface area contributed by atoms with Crippen LogP contribution in [0.1, 0.15) is 5.69 Å². The van der Waals surface area contributed by atoms with Crippen molar-refractivity contribution >= 4 is 5.82 Å². The number of rotatable bonds is 2. The van der Waals surface area contributed by atoms with E-state index in [0.717, 1.165) is 11.3 Å². The fourth-order valence-corrected chi connectivity index (χ4v) is 1.39. The SMILES string of the molecule is COc1ccc(-c2cnc(C#N)c(N)n2)cc1. The highest BCUT2D eigenvalue weighted by molar-refractivity contribution is 5.62. The molecule has 0 aliphatic carbocycles. The molecule has 1 heterocycles. The normalized spacial score (nSPS) is 9.65. The maximum atomic E-state index is 8.70. The molecule has 2 rings (SSSR count). The fraction of sp³-hybridized carbons (Fsp3) is 0.0833. The van der Waals surface area contributed by atoms with Crippen LogP contribution in [0.2, 0.25) is 0 Å². The number of benzene rings is 1. The zero-order valence-corrected chi connectivity index (χ0v) is 9.21. The lowest BCUT2D eigenvalue weighted by Crippen LogP contribution is -1.99. The Labute approximate surface area is 98.5 Å². The van der Waals surface area contributed by atoms with Gasteiger partial charge in [0.05, 0.1) is 19.0 Å². The Kier molecular flexibility index (Phi) is 2.88. The molecule has 0 amide bonds. The molecular weight excluding hydrogens is 216 g/mol. The third-order valence-corrected chi connectivity index (χ3v) is 2.29. The number of aromatic nitrogens is 2. The Hall–Kier alpha value is -2.61. The van der Waals surface area contributed by atoms with Gasteiger partial charge in [-0.05, 0) is 24.3 Å². The summed E-state index contributed by atoms with van der Waals surface area (Å²) < 4.78 is 5.06. The quantitative estimate of drug-likeness (QED) is 0.840. The molecule has 0 saturated carbocycles. The molecule has 1 aromatic heterocycles. The highest BCUT2D eigenvalue weighted by Crippen LogP contribution is 2.21. The van der Waals surface area contributed by atoms with E-state index in [1.54, 1.807) is 7.11 Å². The molecule has 5 heteroatoms. The van der Waals surface area contributed by atoms with Gasteiger partial charge < -0.3 is 10.5 Å². The molecule has 5 nitrogen and oxygen atoms in total. The van der Waals surface area contributed by atoms with Crippen LogP contribution in [0.25, 0.3) is 11.3 Å². The molecule has 2 N–H and O–H groups in total. The van der Waals surface area contributed by atoms with Crippen molar-refractivity contribution in [3.05, 3.63) is 36.2 Å². The number of anilines is 1. The predicted molar refractivity (Wildman–Crippen MR) is 63.1 cm³/mol. The van der Waals surface area contributed by atoms with Crippen molar-refractivity contribution in [3.63, 3.8) is 0 Å². The highest BCUT2D eigenvalue weighted by atomic mass is 16.5. The van der Waals surface area contributed by atoms with E-state index >= 15 is 0 Å². The number of ether oxygens (including phenoxy) is 1. The number of nitrogens with two attached hydrogens (primary N) is 1. The van der Waals surface area contributed by atoms with Gasteiger partial charge in [-0.3, -0.25) is 0 Å². The Balaban J connectivity index is 2.40. The second-order valence-corrected chi connectivity index (χ2v) is 3.33. The second kappa shape index (κ2) is 4.49. The van der Waals surface area contributed by atoms with Crippen molar-refractivity contribution in [2.24, 2.45) is 0 Å². The lowest BCUT2D eigenvalue weighted by Gasteiger charge is -2.04. The first-order valence-electron chi connectivity index (χ1n) is 4.91. The van der Waals surface area contributed by atoms with E-state index in [0.29, 0.717) is 5.69 Å². The van der Waals surface area contributed by atoms with Crippen LogP contribution >= 0.6 is 0 Å². The number of nitrogen functional groups attached to an aromatic ring is 1. The van der Waals surface area contributed by atoms with Crippen molar-refractivity contribution in [1.82, 2.24) is 9.97 Å². The smallest absolute Gasteiger partial charge is 0.182 e. The molecule has 2 aromatic rings. The van der Waals surface area contributed by atoms with E-state index in [1.165, 1.54) is 6.20 Å². The summed E-state index contributed by atoms with van der Waals surface area (Å²) in [6.07, 6.45) is 1.52. The minimum atomic E-state index is 0.140. The first-order valence-corrected chi connectivity index (χ1v) is 4.91. The molecule has 0 radical (unpaired) electrons. The van der Waals surface area contributed by atoms with Crippen molar-refractivity contribution < 1.29 is 4.74 Å². The van der Waals surface area contributed by atoms with Gasteiger partial charge in [0.15, 0.2) is 11.5 Å². The van der Waals surface area contributed by atoms with Crippen molar-refractivity contribution in [2.75, 3.05) is 12.8 Å². The Morgan fingerprint density at radius 1 is 1.29 bits per heavy atom. The number of nitriles is 1. The van der Waals surface area contributed by atoms with Gasteiger partial charge in [-0.15, -0.1) is 0 Å². The van der Waals surface area contributed by atoms with Crippen molar-refractivity contribution in [2.45, 2.75) is 0 Å². The molecule has 0 aliphatic rings. The summed E-state index contributed by atoms with van der Waals surface area (Å²) in [6.45, 7) is 0. The first kappa shape index (κ1) is 10.9. The van der Waals surface area contributed by atoms with E-state index < -0.39 is 0 Å². The van der Waals surface area contributed by atoms with Crippen LogP contribution in [0.15, 0.2) is 30.5 Å². The van der Waals surface area contributed by atoms with Gasteiger partial charge in [0.25, 0.3) is 0 Å². The summed E-state index contributed by atoms with van der Waals surface area (Å²) in [7, 11) is 1.61. The van der Waals surface area contributed by atoms with Gasteiger partial charge in [-0.25, -0.2) is 9.97 Å². The molecule has 0 unspecified atom stereocenters. The van der Waals surface area contributed by atoms with Gasteiger partial charge >= 0.3 is 0 Å². The Bertz CT molecular complexity index is 572. The second-order valence-electron chi connectivity index (χ2n) is 3.33. The standard InChI is InChI=1S/C12H10N4O/c1-17-9-4-2-8(3-5-9)11-7-15-10(6-13)12(14)16-11/h2-5,7H,1H3,(H2,14,16). The summed E-state index contributed by atoms with van der Waals surface area (Å²) in [4.78, 5) is 8.06. The lowest BCUT2D eigenvalue weighted by molar-refractivity contribution is 0.415. The van der Waals surface area contributed by atoms with Crippen molar-refractivity contribution in [3.8, 4) is 23.1 Å². The molecule has 0 saturated heterocycles. The van der Waals surface area contributed by atoms with E-state index in [4.69, 9.17) is 15.7 Å². The van der Waals surface area contributed by atoms with Gasteiger partial charge in [-0.1, -0.05) is 0 Å². The molecule has 1 aromatic carbocycles. The largest absolute Gasteiger partial charge is 0.497 e. The molecule has 17 heavy (non-hydrogen) atoms. The Morgan fingerprint density at radius 3 is 2.53 bits per heavy atom. The number of hydrogen-bond acceptors (Lipinski definition) is 5. The van der Waals surface area contributed by atoms with Crippen LogP contribution < -0.4 is 10.5 Å². The average Bonchev–Trinajstić information content (AvgIpc) is 2.39. The zero-order valence-electron chi connectivity index (χ0n) is 9.21. The summed E-state index contributed by atoms with van der Waals surface area (Å²) in [5.74, 6) is 0.907. The number of nitrogens with zero attached hydrogens (tertiary/aromatic N) is 3. The lowest BCUT2D eigenvalue weighted by atomic mass is 10.1. The number of hydrogen-bond donors (Lipinski definition) is 1. The molecule has 0 atom stereocenters. The minimum absolute atomic E-state index is 0.140. The van der Waals surface area contributed by atoms with E-state index in [9.17, 15) is 0 Å². The summed E-state index contributed by atoms with van der Waals surface area (Å²) in [5.41, 5.74) is 7.24. The van der Waals surface area contributed by atoms with Crippen LogP contribution in [-0.4, -0.2) is 17.1 Å². The maximum absolute atomic E-state index is 8.70. The molecule has 0 fully saturated rings. The molecular formula is C12H10N4O. The van der Waals surface area contributed by atoms with Crippen molar-refractivity contribution in [1.29, 1.82) is 5.26 Å². The molecule has 0 bridgehead atoms. The number of methoxy groups -OCH3 is 1. The van der Waals surface area contributed by atoms with Gasteiger partial charge in [0, 0.05) is 5.56 Å². The first-order chi connectivity index (χ1) is 8.24. The fourth-order valence-electron chi connectivity index (χ4n) is 1.39. The van der Waals surface area contributed by atoms with Gasteiger partial charge in [-0.2, -0.15) is 5.26 Å². The minimum Gasteiger partial charge on any atom is -0.497 e. The van der Waals surface area contributed by atoms with Crippen LogP contribution in [0.3, 0.4) is 0 Å². The van der Waals surface area contributed by atoms with Gasteiger partial charge in [0.1, 0.15) is 11.8 Å². The monoisotopic (exact) mass is 226 g/mol. The third-order valence-electron chi connectivity index (χ3n) is 2.29. The average molecular weight is 226 g/mol. The topological polar surface area (TPSA) is 84.8 Å². The third kappa shape index (κ3) is 2.16. The zero-order chi connectivity index (χ0) is 12.3. The molecule has 0 aliphatic heterocycles.